The number of aromatic nitrogens is 2. The van der Waals surface area contributed by atoms with Gasteiger partial charge in [0.15, 0.2) is 0 Å². The van der Waals surface area contributed by atoms with Crippen molar-refractivity contribution in [1.29, 1.82) is 0 Å². The number of carbonyl (C=O) groups is 2. The van der Waals surface area contributed by atoms with Crippen LogP contribution in [0.25, 0.3) is 0 Å². The normalized spacial score (nSPS) is 10.5. The molecule has 1 aromatic heterocycles. The van der Waals surface area contributed by atoms with E-state index in [1.54, 1.807) is 6.92 Å². The Morgan fingerprint density at radius 3 is 2.48 bits per heavy atom. The number of aryl methyl sites for hydroxylation is 2. The first-order valence-corrected chi connectivity index (χ1v) is 8.61. The summed E-state index contributed by atoms with van der Waals surface area (Å²) in [7, 11) is 1.54. The van der Waals surface area contributed by atoms with Crippen LogP contribution in [0.15, 0.2) is 27.8 Å². The lowest BCUT2D eigenvalue weighted by atomic mass is 10.1. The molecule has 0 fully saturated rings. The number of likely N-dealkylation sites (N-methyl/N-ethyl adjacent to an activating group) is 1. The molecule has 8 nitrogen and oxygen atoms in total. The van der Waals surface area contributed by atoms with Crippen molar-refractivity contribution in [1.82, 2.24) is 14.9 Å². The monoisotopic (exact) mass is 372 g/mol. The lowest BCUT2D eigenvalue weighted by molar-refractivity contribution is -0.133. The van der Waals surface area contributed by atoms with Gasteiger partial charge in [-0.1, -0.05) is 12.1 Å². The highest BCUT2D eigenvalue weighted by atomic mass is 16.2. The lowest BCUT2D eigenvalue weighted by Gasteiger charge is -2.18. The van der Waals surface area contributed by atoms with Gasteiger partial charge in [-0.25, -0.2) is 4.79 Å². The fraction of sp³-hybridized carbons (Fsp3) is 0.368. The number of nitrogens with zero attached hydrogens (tertiary/aromatic N) is 1. The van der Waals surface area contributed by atoms with E-state index >= 15 is 0 Å². The van der Waals surface area contributed by atoms with Crippen LogP contribution in [0.2, 0.25) is 0 Å². The number of H-pyrrole nitrogens is 2. The van der Waals surface area contributed by atoms with Crippen LogP contribution in [0.3, 0.4) is 0 Å². The average molecular weight is 372 g/mol. The molecule has 8 heteroatoms. The first-order valence-electron chi connectivity index (χ1n) is 8.61. The van der Waals surface area contributed by atoms with Crippen LogP contribution in [-0.4, -0.2) is 40.3 Å². The molecule has 0 aliphatic heterocycles. The van der Waals surface area contributed by atoms with Crippen molar-refractivity contribution in [2.45, 2.75) is 33.6 Å². The van der Waals surface area contributed by atoms with Gasteiger partial charge in [-0.3, -0.25) is 19.4 Å². The second-order valence-corrected chi connectivity index (χ2v) is 6.56. The minimum Gasteiger partial charge on any atom is -0.336 e. The molecule has 1 heterocycles. The third-order valence-corrected chi connectivity index (χ3v) is 4.53. The summed E-state index contributed by atoms with van der Waals surface area (Å²) in [6, 6.07) is 5.63. The number of aromatic amines is 2. The van der Waals surface area contributed by atoms with E-state index in [1.165, 1.54) is 11.9 Å². The summed E-state index contributed by atoms with van der Waals surface area (Å²) in [5, 5.41) is 2.81. The fourth-order valence-electron chi connectivity index (χ4n) is 2.73. The highest BCUT2D eigenvalue weighted by molar-refractivity contribution is 5.95. The van der Waals surface area contributed by atoms with E-state index in [-0.39, 0.29) is 31.2 Å². The number of hydrogen-bond donors (Lipinski definition) is 3. The number of nitrogens with one attached hydrogen (secondary N) is 3. The molecule has 3 N–H and O–H groups in total. The Balaban J connectivity index is 1.94. The van der Waals surface area contributed by atoms with Gasteiger partial charge in [-0.05, 0) is 44.4 Å². The number of hydrogen-bond acceptors (Lipinski definition) is 4. The van der Waals surface area contributed by atoms with Gasteiger partial charge in [0.1, 0.15) is 0 Å². The second-order valence-electron chi connectivity index (χ2n) is 6.56. The van der Waals surface area contributed by atoms with Crippen molar-refractivity contribution in [2.24, 2.45) is 0 Å². The zero-order valence-electron chi connectivity index (χ0n) is 15.9. The minimum atomic E-state index is -0.576. The summed E-state index contributed by atoms with van der Waals surface area (Å²) < 4.78 is 0. The van der Waals surface area contributed by atoms with Gasteiger partial charge >= 0.3 is 5.69 Å². The summed E-state index contributed by atoms with van der Waals surface area (Å²) in [6.07, 6.45) is 0.239. The van der Waals surface area contributed by atoms with Gasteiger partial charge in [0, 0.05) is 30.4 Å². The summed E-state index contributed by atoms with van der Waals surface area (Å²) in [5.74, 6) is -0.561. The van der Waals surface area contributed by atoms with Crippen molar-refractivity contribution in [3.05, 3.63) is 61.4 Å². The predicted octanol–water partition coefficient (Wildman–Crippen LogP) is 1.02. The molecule has 0 saturated heterocycles. The molecule has 144 valence electrons. The van der Waals surface area contributed by atoms with Crippen LogP contribution in [-0.2, 0) is 16.0 Å². The van der Waals surface area contributed by atoms with Crippen LogP contribution >= 0.6 is 0 Å². The molecule has 2 amide bonds. The number of anilines is 1. The van der Waals surface area contributed by atoms with E-state index < -0.39 is 11.2 Å². The Bertz CT molecular complexity index is 974. The highest BCUT2D eigenvalue weighted by Crippen LogP contribution is 2.17. The molecular weight excluding hydrogens is 348 g/mol. The maximum Gasteiger partial charge on any atom is 0.325 e. The Labute approximate surface area is 156 Å². The van der Waals surface area contributed by atoms with Crippen LogP contribution < -0.4 is 16.6 Å². The smallest absolute Gasteiger partial charge is 0.325 e. The second kappa shape index (κ2) is 8.48. The molecule has 0 unspecified atom stereocenters. The van der Waals surface area contributed by atoms with Crippen molar-refractivity contribution in [3.63, 3.8) is 0 Å². The van der Waals surface area contributed by atoms with E-state index in [1.807, 2.05) is 32.0 Å². The molecule has 0 spiro atoms. The van der Waals surface area contributed by atoms with Gasteiger partial charge in [0.05, 0.1) is 6.54 Å². The molecule has 0 saturated carbocycles. The van der Waals surface area contributed by atoms with Crippen LogP contribution in [0, 0.1) is 20.8 Å². The first kappa shape index (κ1) is 20.2. The Morgan fingerprint density at radius 2 is 1.81 bits per heavy atom. The van der Waals surface area contributed by atoms with Gasteiger partial charge in [-0.15, -0.1) is 0 Å². The molecule has 2 rings (SSSR count). The largest absolute Gasteiger partial charge is 0.336 e. The quantitative estimate of drug-likeness (QED) is 0.702. The van der Waals surface area contributed by atoms with E-state index in [0.717, 1.165) is 16.8 Å². The minimum absolute atomic E-state index is 0.0587. The number of carbonyl (C=O) groups excluding carboxylic acids is 2. The third kappa shape index (κ3) is 5.16. The summed E-state index contributed by atoms with van der Waals surface area (Å²) >= 11 is 0. The van der Waals surface area contributed by atoms with Gasteiger partial charge in [-0.2, -0.15) is 0 Å². The first-order chi connectivity index (χ1) is 12.7. The fourth-order valence-corrected chi connectivity index (χ4v) is 2.73. The van der Waals surface area contributed by atoms with Crippen molar-refractivity contribution in [3.8, 4) is 0 Å². The van der Waals surface area contributed by atoms with Crippen molar-refractivity contribution >= 4 is 17.5 Å². The SMILES string of the molecule is Cc1cccc(NC(=O)CN(C)C(=O)CCc2c(C)[nH]c(=O)[nH]c2=O)c1C. The van der Waals surface area contributed by atoms with Crippen LogP contribution in [0.4, 0.5) is 5.69 Å². The topological polar surface area (TPSA) is 115 Å². The average Bonchev–Trinajstić information content (AvgIpc) is 2.57. The molecule has 0 aliphatic carbocycles. The van der Waals surface area contributed by atoms with E-state index in [4.69, 9.17) is 0 Å². The predicted molar refractivity (Wildman–Crippen MR) is 103 cm³/mol. The Hall–Kier alpha value is -3.16. The zero-order valence-corrected chi connectivity index (χ0v) is 15.9. The summed E-state index contributed by atoms with van der Waals surface area (Å²) in [6.45, 7) is 5.40. The summed E-state index contributed by atoms with van der Waals surface area (Å²) in [4.78, 5) is 53.5. The number of benzene rings is 1. The standard InChI is InChI=1S/C19H24N4O4/c1-11-6-5-7-15(12(11)2)21-16(24)10-23(4)17(25)9-8-14-13(3)20-19(27)22-18(14)26/h5-7H,8-10H2,1-4H3,(H,21,24)(H2,20,22,26,27). The maximum absolute atomic E-state index is 12.3. The molecule has 0 aliphatic rings. The molecule has 2 aromatic rings. The van der Waals surface area contributed by atoms with Gasteiger partial charge < -0.3 is 15.2 Å². The highest BCUT2D eigenvalue weighted by Gasteiger charge is 2.15. The molecule has 0 bridgehead atoms. The Morgan fingerprint density at radius 1 is 1.11 bits per heavy atom. The Kier molecular flexibility index (Phi) is 6.33. The van der Waals surface area contributed by atoms with Gasteiger partial charge in [0.2, 0.25) is 11.8 Å². The number of rotatable bonds is 6. The van der Waals surface area contributed by atoms with Crippen molar-refractivity contribution in [2.75, 3.05) is 18.9 Å². The maximum atomic E-state index is 12.3. The molecular formula is C19H24N4O4. The van der Waals surface area contributed by atoms with Crippen molar-refractivity contribution < 1.29 is 9.59 Å². The molecule has 1 aromatic carbocycles. The van der Waals surface area contributed by atoms with Crippen LogP contribution in [0.5, 0.6) is 0 Å². The van der Waals surface area contributed by atoms with E-state index in [9.17, 15) is 19.2 Å². The molecule has 27 heavy (non-hydrogen) atoms. The van der Waals surface area contributed by atoms with Gasteiger partial charge in [0.25, 0.3) is 5.56 Å². The molecule has 0 atom stereocenters. The third-order valence-electron chi connectivity index (χ3n) is 4.53. The van der Waals surface area contributed by atoms with E-state index in [2.05, 4.69) is 15.3 Å². The lowest BCUT2D eigenvalue weighted by Crippen LogP contribution is -2.35. The van der Waals surface area contributed by atoms with Crippen LogP contribution in [0.1, 0.15) is 28.8 Å². The summed E-state index contributed by atoms with van der Waals surface area (Å²) in [5.41, 5.74) is 2.48. The number of amides is 2. The van der Waals surface area contributed by atoms with E-state index in [0.29, 0.717) is 11.3 Å². The zero-order chi connectivity index (χ0) is 20.1. The molecule has 0 radical (unpaired) electrons.